The van der Waals surface area contributed by atoms with Gasteiger partial charge in [-0.05, 0) is 48.3 Å². The van der Waals surface area contributed by atoms with E-state index in [0.29, 0.717) is 22.9 Å². The average molecular weight is 236 g/mol. The van der Waals surface area contributed by atoms with Crippen LogP contribution in [0, 0.1) is 22.7 Å². The summed E-state index contributed by atoms with van der Waals surface area (Å²) < 4.78 is 6.36. The van der Waals surface area contributed by atoms with E-state index in [4.69, 9.17) is 4.74 Å². The van der Waals surface area contributed by atoms with Crippen molar-refractivity contribution in [3.05, 3.63) is 0 Å². The van der Waals surface area contributed by atoms with Gasteiger partial charge in [0.25, 0.3) is 0 Å². The predicted octanol–water partition coefficient (Wildman–Crippen LogP) is 2.74. The van der Waals surface area contributed by atoms with E-state index in [1.165, 1.54) is 19.3 Å². The third-order valence-corrected chi connectivity index (χ3v) is 6.71. The first-order chi connectivity index (χ1) is 7.87. The van der Waals surface area contributed by atoms with Crippen LogP contribution in [0.5, 0.6) is 0 Å². The summed E-state index contributed by atoms with van der Waals surface area (Å²) >= 11 is 0. The van der Waals surface area contributed by atoms with E-state index in [2.05, 4.69) is 20.8 Å². The Bertz CT molecular complexity index is 377. The maximum Gasteiger partial charge on any atom is 0.0982 e. The maximum absolute atomic E-state index is 10.4. The molecule has 6 atom stereocenters. The summed E-state index contributed by atoms with van der Waals surface area (Å²) in [6, 6.07) is 0. The Hall–Kier alpha value is -0.0800. The van der Waals surface area contributed by atoms with Crippen molar-refractivity contribution in [1.29, 1.82) is 0 Å². The molecule has 4 aliphatic rings. The second kappa shape index (κ2) is 2.75. The molecule has 0 aromatic heterocycles. The van der Waals surface area contributed by atoms with Gasteiger partial charge in [-0.2, -0.15) is 0 Å². The summed E-state index contributed by atoms with van der Waals surface area (Å²) in [6.07, 6.45) is 6.05. The van der Waals surface area contributed by atoms with Gasteiger partial charge in [-0.1, -0.05) is 20.8 Å². The average Bonchev–Trinajstić information content (AvgIpc) is 2.63. The molecule has 17 heavy (non-hydrogen) atoms. The van der Waals surface area contributed by atoms with E-state index in [9.17, 15) is 5.11 Å². The van der Waals surface area contributed by atoms with Crippen LogP contribution in [0.4, 0.5) is 0 Å². The number of fused-ring (bicyclic) bond motifs is 4. The van der Waals surface area contributed by atoms with E-state index >= 15 is 0 Å². The molecule has 4 fully saturated rings. The van der Waals surface area contributed by atoms with Gasteiger partial charge < -0.3 is 9.84 Å². The van der Waals surface area contributed by atoms with Crippen LogP contribution in [0.3, 0.4) is 0 Å². The number of ether oxygens (including phenoxy) is 1. The fourth-order valence-corrected chi connectivity index (χ4v) is 5.68. The first-order valence-corrected chi connectivity index (χ1v) is 7.23. The lowest BCUT2D eigenvalue weighted by atomic mass is 9.49. The van der Waals surface area contributed by atoms with E-state index in [-0.39, 0.29) is 11.7 Å². The molecule has 0 unspecified atom stereocenters. The minimum atomic E-state index is -0.192. The summed E-state index contributed by atoms with van der Waals surface area (Å²) in [5.41, 5.74) is 0.671. The lowest BCUT2D eigenvalue weighted by Gasteiger charge is -2.57. The van der Waals surface area contributed by atoms with E-state index < -0.39 is 0 Å². The van der Waals surface area contributed by atoms with Crippen molar-refractivity contribution in [2.24, 2.45) is 22.7 Å². The molecule has 0 aromatic rings. The lowest BCUT2D eigenvalue weighted by molar-refractivity contribution is -0.176. The molecule has 2 nitrogen and oxygen atoms in total. The third-order valence-electron chi connectivity index (χ3n) is 6.71. The van der Waals surface area contributed by atoms with Crippen LogP contribution < -0.4 is 0 Å². The summed E-state index contributed by atoms with van der Waals surface area (Å²) in [5.74, 6) is 1.40. The molecule has 2 heteroatoms. The van der Waals surface area contributed by atoms with Crippen LogP contribution in [0.15, 0.2) is 0 Å². The number of hydrogen-bond donors (Lipinski definition) is 1. The quantitative estimate of drug-likeness (QED) is 0.701. The highest BCUT2D eigenvalue weighted by molar-refractivity contribution is 5.20. The van der Waals surface area contributed by atoms with Crippen LogP contribution in [0.1, 0.15) is 52.9 Å². The molecule has 1 N–H and O–H groups in total. The smallest absolute Gasteiger partial charge is 0.0982 e. The number of aliphatic hydroxyl groups is 1. The van der Waals surface area contributed by atoms with Crippen LogP contribution in [-0.4, -0.2) is 22.9 Å². The Balaban J connectivity index is 1.77. The first-order valence-electron chi connectivity index (χ1n) is 7.23. The van der Waals surface area contributed by atoms with Crippen LogP contribution in [0.2, 0.25) is 0 Å². The van der Waals surface area contributed by atoms with Crippen molar-refractivity contribution in [3.8, 4) is 0 Å². The highest BCUT2D eigenvalue weighted by Gasteiger charge is 2.71. The lowest BCUT2D eigenvalue weighted by Crippen LogP contribution is -2.58. The van der Waals surface area contributed by atoms with Crippen LogP contribution in [0.25, 0.3) is 0 Å². The summed E-state index contributed by atoms with van der Waals surface area (Å²) in [6.45, 7) is 7.18. The zero-order chi connectivity index (χ0) is 12.1. The number of rotatable bonds is 0. The largest absolute Gasteiger partial charge is 0.390 e. The van der Waals surface area contributed by atoms with Crippen LogP contribution >= 0.6 is 0 Å². The van der Waals surface area contributed by atoms with Gasteiger partial charge in [-0.25, -0.2) is 0 Å². The molecule has 2 saturated heterocycles. The standard InChI is InChI=1S/C15H24O2/c1-13(2)7-10-9(13)4-5-14(3)8-15(10)11(16)6-12(14)17-15/h9-12,16H,4-8H2,1-3H3/t9-,10+,11-,12+,14-,15+/m1/s1. The van der Waals surface area contributed by atoms with Crippen molar-refractivity contribution in [2.45, 2.75) is 70.7 Å². The highest BCUT2D eigenvalue weighted by Crippen LogP contribution is 2.70. The van der Waals surface area contributed by atoms with Crippen molar-refractivity contribution in [3.63, 3.8) is 0 Å². The highest BCUT2D eigenvalue weighted by atomic mass is 16.5. The third kappa shape index (κ3) is 1.06. The second-order valence-electron chi connectivity index (χ2n) is 8.09. The van der Waals surface area contributed by atoms with Gasteiger partial charge in [0.2, 0.25) is 0 Å². The fourth-order valence-electron chi connectivity index (χ4n) is 5.68. The fraction of sp³-hybridized carbons (Fsp3) is 1.00. The normalized spacial score (nSPS) is 62.8. The Morgan fingerprint density at radius 1 is 1.18 bits per heavy atom. The van der Waals surface area contributed by atoms with Gasteiger partial charge in [0.15, 0.2) is 0 Å². The topological polar surface area (TPSA) is 29.5 Å². The molecule has 1 spiro atoms. The van der Waals surface area contributed by atoms with E-state index in [1.54, 1.807) is 0 Å². The van der Waals surface area contributed by atoms with Crippen molar-refractivity contribution in [2.75, 3.05) is 0 Å². The SMILES string of the molecule is CC1(C)C[C@H]2[C@H]1CC[C@]1(C)C[C@]23O[C@H]1C[C@H]3O. The van der Waals surface area contributed by atoms with Gasteiger partial charge in [-0.15, -0.1) is 0 Å². The number of aliphatic hydroxyl groups excluding tert-OH is 1. The molecule has 0 radical (unpaired) electrons. The van der Waals surface area contributed by atoms with Gasteiger partial charge in [-0.3, -0.25) is 0 Å². The summed E-state index contributed by atoms with van der Waals surface area (Å²) in [7, 11) is 0. The summed E-state index contributed by atoms with van der Waals surface area (Å²) in [4.78, 5) is 0. The molecule has 0 aromatic carbocycles. The van der Waals surface area contributed by atoms with Gasteiger partial charge in [0.1, 0.15) is 0 Å². The molecular weight excluding hydrogens is 212 g/mol. The van der Waals surface area contributed by atoms with E-state index in [1.807, 2.05) is 0 Å². The van der Waals surface area contributed by atoms with Gasteiger partial charge in [0, 0.05) is 6.42 Å². The van der Waals surface area contributed by atoms with Crippen LogP contribution in [-0.2, 0) is 4.74 Å². The monoisotopic (exact) mass is 236 g/mol. The molecule has 0 amide bonds. The minimum Gasteiger partial charge on any atom is -0.390 e. The van der Waals surface area contributed by atoms with Gasteiger partial charge >= 0.3 is 0 Å². The van der Waals surface area contributed by atoms with Crippen molar-refractivity contribution < 1.29 is 9.84 Å². The first kappa shape index (κ1) is 10.8. The number of hydrogen-bond acceptors (Lipinski definition) is 2. The Kier molecular flexibility index (Phi) is 1.75. The zero-order valence-corrected chi connectivity index (χ0v) is 11.2. The molecule has 3 bridgehead atoms. The molecule has 2 saturated carbocycles. The molecule has 2 aliphatic carbocycles. The Morgan fingerprint density at radius 3 is 2.65 bits per heavy atom. The minimum absolute atomic E-state index is 0.157. The molecular formula is C15H24O2. The maximum atomic E-state index is 10.4. The molecule has 4 rings (SSSR count). The second-order valence-corrected chi connectivity index (χ2v) is 8.09. The Morgan fingerprint density at radius 2 is 1.94 bits per heavy atom. The van der Waals surface area contributed by atoms with E-state index in [0.717, 1.165) is 18.8 Å². The predicted molar refractivity (Wildman–Crippen MR) is 65.6 cm³/mol. The molecule has 2 aliphatic heterocycles. The van der Waals surface area contributed by atoms with Crippen molar-refractivity contribution in [1.82, 2.24) is 0 Å². The van der Waals surface area contributed by atoms with Gasteiger partial charge in [0.05, 0.1) is 17.8 Å². The summed E-state index contributed by atoms with van der Waals surface area (Å²) in [5, 5.41) is 10.4. The van der Waals surface area contributed by atoms with Crippen molar-refractivity contribution >= 4 is 0 Å². The Labute approximate surface area is 104 Å². The molecule has 2 heterocycles. The molecule has 96 valence electrons. The zero-order valence-electron chi connectivity index (χ0n) is 11.2.